The van der Waals surface area contributed by atoms with Crippen molar-refractivity contribution in [3.05, 3.63) is 76.3 Å². The Hall–Kier alpha value is -4.34. The van der Waals surface area contributed by atoms with Gasteiger partial charge in [0.15, 0.2) is 17.2 Å². The number of nitriles is 1. The fourth-order valence-electron chi connectivity index (χ4n) is 5.62. The molecule has 3 aromatic heterocycles. The summed E-state index contributed by atoms with van der Waals surface area (Å²) >= 11 is 5.78. The molecule has 45 heavy (non-hydrogen) atoms. The number of ether oxygens (including phenoxy) is 2. The lowest BCUT2D eigenvalue weighted by atomic mass is 10.0. The number of piperidine rings is 1. The average molecular weight is 637 g/mol. The second-order valence-electron chi connectivity index (χ2n) is 11.7. The van der Waals surface area contributed by atoms with Crippen molar-refractivity contribution >= 4 is 28.7 Å². The van der Waals surface area contributed by atoms with Gasteiger partial charge in [-0.2, -0.15) is 5.26 Å². The van der Waals surface area contributed by atoms with E-state index in [0.717, 1.165) is 37.8 Å². The van der Waals surface area contributed by atoms with Gasteiger partial charge in [0, 0.05) is 42.6 Å². The van der Waals surface area contributed by atoms with E-state index in [2.05, 4.69) is 25.5 Å². The first-order valence-corrected chi connectivity index (χ1v) is 15.1. The van der Waals surface area contributed by atoms with Crippen molar-refractivity contribution in [2.75, 3.05) is 13.1 Å². The minimum absolute atomic E-state index is 0.00291. The molecule has 13 heteroatoms. The highest BCUT2D eigenvalue weighted by Crippen LogP contribution is 2.50. The minimum atomic E-state index is -0.949. The molecule has 2 fully saturated rings. The Morgan fingerprint density at radius 2 is 1.89 bits per heavy atom. The number of rotatable bonds is 12. The van der Waals surface area contributed by atoms with Crippen molar-refractivity contribution in [1.82, 2.24) is 24.4 Å². The third-order valence-electron chi connectivity index (χ3n) is 8.30. The number of hydrogen-bond acceptors (Lipinski definition) is 8. The first kappa shape index (κ1) is 30.7. The summed E-state index contributed by atoms with van der Waals surface area (Å²) in [5, 5.41) is 18.9. The molecule has 0 atom stereocenters. The Balaban J connectivity index is 1.10. The van der Waals surface area contributed by atoms with Crippen molar-refractivity contribution in [3.63, 3.8) is 0 Å². The molecule has 4 heterocycles. The number of halogens is 3. The molecule has 1 aromatic carbocycles. The van der Waals surface area contributed by atoms with E-state index in [4.69, 9.17) is 26.1 Å². The van der Waals surface area contributed by atoms with Crippen LogP contribution in [0.15, 0.2) is 42.5 Å². The van der Waals surface area contributed by atoms with E-state index < -0.39 is 17.6 Å². The quantitative estimate of drug-likeness (QED) is 0.208. The number of fused-ring (bicyclic) bond motifs is 1. The van der Waals surface area contributed by atoms with Crippen LogP contribution in [0.2, 0.25) is 5.02 Å². The number of likely N-dealkylation sites (tertiary alicyclic amines) is 1. The molecule has 10 nitrogen and oxygen atoms in total. The van der Waals surface area contributed by atoms with Crippen LogP contribution in [-0.4, -0.2) is 54.7 Å². The molecule has 1 saturated heterocycles. The van der Waals surface area contributed by atoms with Gasteiger partial charge in [0.1, 0.15) is 35.6 Å². The third kappa shape index (κ3) is 7.32. The molecule has 2 aliphatic rings. The largest absolute Gasteiger partial charge is 0.484 e. The number of nitrogens with zero attached hydrogens (tertiary/aromatic N) is 6. The number of hydrogen-bond donors (Lipinski definition) is 1. The standard InChI is InChI=1S/C32H31ClF2N6O4/c33-20-1-5-27(24(35)15-20)44-18-26-23(34)3-6-29(39-26)45-22-7-13-40(14-8-22)17-28-38-25-4-2-21(16-30(42)43)37-31(25)41(28)19-32(9-10-32)11-12-36/h1-6,15,22H,7-11,13-14,16-19H2,(H,42,43). The van der Waals surface area contributed by atoms with Gasteiger partial charge in [-0.05, 0) is 62.1 Å². The highest BCUT2D eigenvalue weighted by Gasteiger charge is 2.43. The van der Waals surface area contributed by atoms with Gasteiger partial charge in [-0.1, -0.05) is 11.6 Å². The summed E-state index contributed by atoms with van der Waals surface area (Å²) in [6.07, 6.45) is 3.48. The number of imidazole rings is 1. The van der Waals surface area contributed by atoms with Crippen LogP contribution in [-0.2, 0) is 30.9 Å². The van der Waals surface area contributed by atoms with Crippen LogP contribution >= 0.6 is 11.6 Å². The molecule has 234 valence electrons. The molecule has 4 aromatic rings. The van der Waals surface area contributed by atoms with Crippen LogP contribution in [0.1, 0.15) is 49.3 Å². The maximum absolute atomic E-state index is 14.4. The van der Waals surface area contributed by atoms with Crippen molar-refractivity contribution in [1.29, 1.82) is 5.26 Å². The lowest BCUT2D eigenvalue weighted by Gasteiger charge is -2.32. The van der Waals surface area contributed by atoms with Crippen LogP contribution in [0.4, 0.5) is 8.78 Å². The summed E-state index contributed by atoms with van der Waals surface area (Å²) in [5.41, 5.74) is 1.71. The monoisotopic (exact) mass is 636 g/mol. The molecule has 6 rings (SSSR count). The molecule has 1 aliphatic heterocycles. The zero-order valence-corrected chi connectivity index (χ0v) is 25.1. The van der Waals surface area contributed by atoms with E-state index in [1.807, 2.05) is 6.07 Å². The van der Waals surface area contributed by atoms with Crippen LogP contribution in [0, 0.1) is 28.4 Å². The van der Waals surface area contributed by atoms with Gasteiger partial charge >= 0.3 is 5.97 Å². The van der Waals surface area contributed by atoms with Gasteiger partial charge in [0.2, 0.25) is 5.88 Å². The summed E-state index contributed by atoms with van der Waals surface area (Å²) in [4.78, 5) is 27.3. The van der Waals surface area contributed by atoms with Crippen LogP contribution in [0.3, 0.4) is 0 Å². The normalized spacial score (nSPS) is 16.4. The van der Waals surface area contributed by atoms with E-state index >= 15 is 0 Å². The van der Waals surface area contributed by atoms with Gasteiger partial charge in [0.05, 0.1) is 24.7 Å². The third-order valence-corrected chi connectivity index (χ3v) is 8.54. The van der Waals surface area contributed by atoms with E-state index in [-0.39, 0.29) is 46.9 Å². The fraction of sp³-hybridized carbons (Fsp3) is 0.406. The predicted octanol–water partition coefficient (Wildman–Crippen LogP) is 5.70. The first-order chi connectivity index (χ1) is 21.7. The molecular weight excluding hydrogens is 606 g/mol. The van der Waals surface area contributed by atoms with Crippen LogP contribution in [0.25, 0.3) is 11.2 Å². The summed E-state index contributed by atoms with van der Waals surface area (Å²) in [5.74, 6) is -1.14. The Kier molecular flexibility index (Phi) is 8.83. The second-order valence-corrected chi connectivity index (χ2v) is 12.1. The Labute approximate surface area is 263 Å². The lowest BCUT2D eigenvalue weighted by molar-refractivity contribution is -0.136. The molecular formula is C32H31ClF2N6O4. The maximum atomic E-state index is 14.4. The highest BCUT2D eigenvalue weighted by molar-refractivity contribution is 6.30. The van der Waals surface area contributed by atoms with E-state index in [9.17, 15) is 23.9 Å². The van der Waals surface area contributed by atoms with Crippen LogP contribution < -0.4 is 9.47 Å². The lowest BCUT2D eigenvalue weighted by Crippen LogP contribution is -2.38. The van der Waals surface area contributed by atoms with E-state index in [1.165, 1.54) is 24.3 Å². The predicted molar refractivity (Wildman–Crippen MR) is 160 cm³/mol. The summed E-state index contributed by atoms with van der Waals surface area (Å²) in [6.45, 7) is 2.35. The second kappa shape index (κ2) is 12.9. The number of carbonyl (C=O) groups is 1. The number of carboxylic acid groups (broad SMARTS) is 1. The maximum Gasteiger partial charge on any atom is 0.309 e. The van der Waals surface area contributed by atoms with Crippen molar-refractivity contribution in [2.45, 2.75) is 64.3 Å². The van der Waals surface area contributed by atoms with Crippen LogP contribution in [0.5, 0.6) is 11.6 Å². The molecule has 0 unspecified atom stereocenters. The molecule has 1 saturated carbocycles. The zero-order valence-electron chi connectivity index (χ0n) is 24.4. The van der Waals surface area contributed by atoms with Gasteiger partial charge in [-0.3, -0.25) is 9.69 Å². The molecule has 0 bridgehead atoms. The summed E-state index contributed by atoms with van der Waals surface area (Å²) in [6, 6.07) is 12.5. The van der Waals surface area contributed by atoms with Gasteiger partial charge in [-0.15, -0.1) is 0 Å². The Bertz CT molecular complexity index is 1760. The number of benzene rings is 1. The summed E-state index contributed by atoms with van der Waals surface area (Å²) < 4.78 is 42.1. The van der Waals surface area contributed by atoms with E-state index in [0.29, 0.717) is 49.2 Å². The molecule has 0 radical (unpaired) electrons. The SMILES string of the molecule is N#CCC1(Cn2c(CN3CCC(Oc4ccc(F)c(COc5ccc(Cl)cc5F)n4)CC3)nc3ccc(CC(=O)O)nc32)CC1. The number of aliphatic carboxylic acids is 1. The van der Waals surface area contributed by atoms with Crippen molar-refractivity contribution in [3.8, 4) is 17.7 Å². The highest BCUT2D eigenvalue weighted by atomic mass is 35.5. The number of carboxylic acids is 1. The van der Waals surface area contributed by atoms with Crippen molar-refractivity contribution < 1.29 is 28.2 Å². The first-order valence-electron chi connectivity index (χ1n) is 14.8. The topological polar surface area (TPSA) is 126 Å². The summed E-state index contributed by atoms with van der Waals surface area (Å²) in [7, 11) is 0. The molecule has 0 spiro atoms. The minimum Gasteiger partial charge on any atom is -0.484 e. The average Bonchev–Trinajstić information content (AvgIpc) is 3.69. The molecule has 0 amide bonds. The zero-order chi connectivity index (χ0) is 31.6. The molecule has 1 N–H and O–H groups in total. The number of pyridine rings is 2. The smallest absolute Gasteiger partial charge is 0.309 e. The Morgan fingerprint density at radius 3 is 2.60 bits per heavy atom. The number of aromatic nitrogens is 4. The van der Waals surface area contributed by atoms with E-state index in [1.54, 1.807) is 6.07 Å². The Morgan fingerprint density at radius 1 is 1.09 bits per heavy atom. The van der Waals surface area contributed by atoms with Crippen molar-refractivity contribution in [2.24, 2.45) is 5.41 Å². The van der Waals surface area contributed by atoms with Gasteiger partial charge in [-0.25, -0.2) is 23.7 Å². The fourth-order valence-corrected chi connectivity index (χ4v) is 5.78. The molecule has 1 aliphatic carbocycles. The van der Waals surface area contributed by atoms with Gasteiger partial charge in [0.25, 0.3) is 0 Å². The van der Waals surface area contributed by atoms with Gasteiger partial charge < -0.3 is 19.1 Å².